The Morgan fingerprint density at radius 1 is 1.03 bits per heavy atom. The number of carbonyl (C=O) groups is 1. The molecule has 7 nitrogen and oxygen atoms in total. The molecular formula is C26H28N2O5S. The standard InChI is InChI=1S/C26H28N2O5S/c1-3-32-23-12-14-24(15-13-23)34(30,31)27-22-11-7-10-21(16-22)26(29)28-17-19(2)33-25(18-28)20-8-5-4-6-9-20/h4-16,19,25,27H,3,17-18H2,1-2H3. The lowest BCUT2D eigenvalue weighted by Gasteiger charge is -2.37. The number of morpholine rings is 1. The summed E-state index contributed by atoms with van der Waals surface area (Å²) in [6.07, 6.45) is -0.334. The zero-order valence-electron chi connectivity index (χ0n) is 19.2. The molecule has 0 saturated carbocycles. The first kappa shape index (κ1) is 23.8. The number of benzene rings is 3. The maximum Gasteiger partial charge on any atom is 0.261 e. The summed E-state index contributed by atoms with van der Waals surface area (Å²) < 4.78 is 39.7. The first-order valence-corrected chi connectivity index (χ1v) is 12.7. The number of nitrogens with zero attached hydrogens (tertiary/aromatic N) is 1. The third-order valence-corrected chi connectivity index (χ3v) is 6.92. The monoisotopic (exact) mass is 480 g/mol. The normalized spacial score (nSPS) is 18.4. The third-order valence-electron chi connectivity index (χ3n) is 5.53. The van der Waals surface area contributed by atoms with Crippen molar-refractivity contribution < 1.29 is 22.7 Å². The molecule has 4 rings (SSSR count). The molecule has 178 valence electrons. The van der Waals surface area contributed by atoms with Gasteiger partial charge in [-0.2, -0.15) is 0 Å². The number of sulfonamides is 1. The summed E-state index contributed by atoms with van der Waals surface area (Å²) in [7, 11) is -3.82. The van der Waals surface area contributed by atoms with Gasteiger partial charge in [0.15, 0.2) is 0 Å². The molecule has 0 aromatic heterocycles. The van der Waals surface area contributed by atoms with Gasteiger partial charge in [-0.3, -0.25) is 9.52 Å². The summed E-state index contributed by atoms with van der Waals surface area (Å²) in [6, 6.07) is 22.6. The summed E-state index contributed by atoms with van der Waals surface area (Å²) >= 11 is 0. The Labute approximate surface area is 200 Å². The van der Waals surface area contributed by atoms with E-state index >= 15 is 0 Å². The van der Waals surface area contributed by atoms with E-state index in [1.807, 2.05) is 44.2 Å². The lowest BCUT2D eigenvalue weighted by atomic mass is 10.1. The summed E-state index contributed by atoms with van der Waals surface area (Å²) in [4.78, 5) is 15.2. The molecule has 1 N–H and O–H groups in total. The maximum absolute atomic E-state index is 13.3. The number of anilines is 1. The van der Waals surface area contributed by atoms with Crippen LogP contribution in [0.3, 0.4) is 0 Å². The van der Waals surface area contributed by atoms with Crippen LogP contribution in [-0.4, -0.2) is 45.0 Å². The van der Waals surface area contributed by atoms with Crippen LogP contribution >= 0.6 is 0 Å². The summed E-state index contributed by atoms with van der Waals surface area (Å²) in [5.41, 5.74) is 1.75. The van der Waals surface area contributed by atoms with Crippen LogP contribution in [0.15, 0.2) is 83.8 Å². The predicted molar refractivity (Wildman–Crippen MR) is 130 cm³/mol. The Hall–Kier alpha value is -3.36. The number of rotatable bonds is 7. The first-order valence-electron chi connectivity index (χ1n) is 11.2. The second kappa shape index (κ2) is 10.3. The minimum Gasteiger partial charge on any atom is -0.494 e. The SMILES string of the molecule is CCOc1ccc(S(=O)(=O)Nc2cccc(C(=O)N3CC(C)OC(c4ccccc4)C3)c2)cc1. The highest BCUT2D eigenvalue weighted by Crippen LogP contribution is 2.27. The van der Waals surface area contributed by atoms with Gasteiger partial charge in [-0.05, 0) is 61.9 Å². The van der Waals surface area contributed by atoms with E-state index in [1.165, 1.54) is 12.1 Å². The van der Waals surface area contributed by atoms with Crippen LogP contribution in [0.4, 0.5) is 5.69 Å². The Kier molecular flexibility index (Phi) is 7.19. The van der Waals surface area contributed by atoms with Crippen molar-refractivity contribution in [1.29, 1.82) is 0 Å². The van der Waals surface area contributed by atoms with Crippen molar-refractivity contribution in [3.8, 4) is 5.75 Å². The Morgan fingerprint density at radius 2 is 1.76 bits per heavy atom. The van der Waals surface area contributed by atoms with Gasteiger partial charge in [0.2, 0.25) is 0 Å². The van der Waals surface area contributed by atoms with Crippen LogP contribution in [-0.2, 0) is 14.8 Å². The molecular weight excluding hydrogens is 452 g/mol. The molecule has 3 aromatic rings. The molecule has 2 unspecified atom stereocenters. The molecule has 0 bridgehead atoms. The van der Waals surface area contributed by atoms with Gasteiger partial charge in [0.1, 0.15) is 11.9 Å². The topological polar surface area (TPSA) is 84.9 Å². The lowest BCUT2D eigenvalue weighted by Crippen LogP contribution is -2.46. The molecule has 1 heterocycles. The fourth-order valence-electron chi connectivity index (χ4n) is 3.96. The summed E-state index contributed by atoms with van der Waals surface area (Å²) in [5.74, 6) is 0.431. The average molecular weight is 481 g/mol. The third kappa shape index (κ3) is 5.58. The molecule has 0 spiro atoms. The molecule has 8 heteroatoms. The Balaban J connectivity index is 1.49. The zero-order chi connectivity index (χ0) is 24.1. The lowest BCUT2D eigenvalue weighted by molar-refractivity contribution is -0.0691. The first-order chi connectivity index (χ1) is 16.4. The smallest absolute Gasteiger partial charge is 0.261 e. The Morgan fingerprint density at radius 3 is 2.47 bits per heavy atom. The van der Waals surface area contributed by atoms with E-state index in [0.29, 0.717) is 36.7 Å². The van der Waals surface area contributed by atoms with Crippen LogP contribution in [0.2, 0.25) is 0 Å². The van der Waals surface area contributed by atoms with Gasteiger partial charge in [-0.15, -0.1) is 0 Å². The van der Waals surface area contributed by atoms with Crippen molar-refractivity contribution in [2.45, 2.75) is 31.0 Å². The molecule has 0 aliphatic carbocycles. The largest absolute Gasteiger partial charge is 0.494 e. The molecule has 3 aromatic carbocycles. The number of carbonyl (C=O) groups excluding carboxylic acids is 1. The number of nitrogens with one attached hydrogen (secondary N) is 1. The van der Waals surface area contributed by atoms with Crippen LogP contribution in [0.25, 0.3) is 0 Å². The van der Waals surface area contributed by atoms with Gasteiger partial charge >= 0.3 is 0 Å². The van der Waals surface area contributed by atoms with Crippen molar-refractivity contribution in [3.63, 3.8) is 0 Å². The molecule has 2 atom stereocenters. The second-order valence-electron chi connectivity index (χ2n) is 8.15. The van der Waals surface area contributed by atoms with E-state index < -0.39 is 10.0 Å². The summed E-state index contributed by atoms with van der Waals surface area (Å²) in [6.45, 7) is 5.19. The highest BCUT2D eigenvalue weighted by Gasteiger charge is 2.30. The number of hydrogen-bond donors (Lipinski definition) is 1. The van der Waals surface area contributed by atoms with E-state index in [4.69, 9.17) is 9.47 Å². The number of ether oxygens (including phenoxy) is 2. The van der Waals surface area contributed by atoms with Crippen LogP contribution < -0.4 is 9.46 Å². The highest BCUT2D eigenvalue weighted by molar-refractivity contribution is 7.92. The quantitative estimate of drug-likeness (QED) is 0.539. The van der Waals surface area contributed by atoms with E-state index in [2.05, 4.69) is 4.72 Å². The van der Waals surface area contributed by atoms with Gasteiger partial charge in [-0.1, -0.05) is 36.4 Å². The molecule has 34 heavy (non-hydrogen) atoms. The fourth-order valence-corrected chi connectivity index (χ4v) is 5.01. The van der Waals surface area contributed by atoms with Crippen LogP contribution in [0, 0.1) is 0 Å². The van der Waals surface area contributed by atoms with Crippen molar-refractivity contribution in [2.24, 2.45) is 0 Å². The van der Waals surface area contributed by atoms with Gasteiger partial charge in [-0.25, -0.2) is 8.42 Å². The average Bonchev–Trinajstić information content (AvgIpc) is 2.84. The van der Waals surface area contributed by atoms with E-state index in [9.17, 15) is 13.2 Å². The number of amides is 1. The van der Waals surface area contributed by atoms with Crippen LogP contribution in [0.1, 0.15) is 35.9 Å². The predicted octanol–water partition coefficient (Wildman–Crippen LogP) is 4.49. The molecule has 1 aliphatic heterocycles. The zero-order valence-corrected chi connectivity index (χ0v) is 20.0. The molecule has 1 saturated heterocycles. The minimum atomic E-state index is -3.82. The van der Waals surface area contributed by atoms with Crippen molar-refractivity contribution in [3.05, 3.63) is 90.0 Å². The molecule has 0 radical (unpaired) electrons. The van der Waals surface area contributed by atoms with E-state index in [-0.39, 0.29) is 23.0 Å². The van der Waals surface area contributed by atoms with Crippen molar-refractivity contribution in [1.82, 2.24) is 4.90 Å². The summed E-state index contributed by atoms with van der Waals surface area (Å²) in [5, 5.41) is 0. The minimum absolute atomic E-state index is 0.111. The highest BCUT2D eigenvalue weighted by atomic mass is 32.2. The van der Waals surface area contributed by atoms with Crippen LogP contribution in [0.5, 0.6) is 5.75 Å². The molecule has 1 aliphatic rings. The Bertz CT molecular complexity index is 1230. The van der Waals surface area contributed by atoms with Gasteiger partial charge in [0, 0.05) is 17.8 Å². The van der Waals surface area contributed by atoms with Gasteiger partial charge < -0.3 is 14.4 Å². The fraction of sp³-hybridized carbons (Fsp3) is 0.269. The van der Waals surface area contributed by atoms with E-state index in [1.54, 1.807) is 41.3 Å². The van der Waals surface area contributed by atoms with Gasteiger partial charge in [0.25, 0.3) is 15.9 Å². The molecule has 1 fully saturated rings. The second-order valence-corrected chi connectivity index (χ2v) is 9.83. The molecule has 1 amide bonds. The number of hydrogen-bond acceptors (Lipinski definition) is 5. The van der Waals surface area contributed by atoms with Crippen molar-refractivity contribution >= 4 is 21.6 Å². The van der Waals surface area contributed by atoms with Gasteiger partial charge in [0.05, 0.1) is 24.2 Å². The van der Waals surface area contributed by atoms with E-state index in [0.717, 1.165) is 5.56 Å². The van der Waals surface area contributed by atoms with Crippen molar-refractivity contribution in [2.75, 3.05) is 24.4 Å². The maximum atomic E-state index is 13.3.